The first-order chi connectivity index (χ1) is 7.70. The molecule has 0 fully saturated rings. The maximum atomic E-state index is 8.93. The first-order valence-electron chi connectivity index (χ1n) is 5.04. The number of rotatable bonds is 3. The van der Waals surface area contributed by atoms with Crippen molar-refractivity contribution < 1.29 is 5.11 Å². The third-order valence-corrected chi connectivity index (χ3v) is 3.87. The van der Waals surface area contributed by atoms with Crippen LogP contribution in [0.4, 0.5) is 0 Å². The van der Waals surface area contributed by atoms with E-state index in [9.17, 15) is 0 Å². The Hall–Kier alpha value is -0.710. The van der Waals surface area contributed by atoms with Crippen LogP contribution >= 0.6 is 27.3 Å². The molecule has 1 aromatic heterocycles. The highest BCUT2D eigenvalue weighted by Crippen LogP contribution is 2.29. The van der Waals surface area contributed by atoms with Gasteiger partial charge >= 0.3 is 0 Å². The fourth-order valence-corrected chi connectivity index (χ4v) is 2.87. The number of hydrogen-bond donors (Lipinski definition) is 1. The Morgan fingerprint density at radius 3 is 2.94 bits per heavy atom. The van der Waals surface area contributed by atoms with Crippen LogP contribution in [0.3, 0.4) is 0 Å². The molecule has 0 radical (unpaired) electrons. The Labute approximate surface area is 107 Å². The minimum absolute atomic E-state index is 0.155. The van der Waals surface area contributed by atoms with Gasteiger partial charge in [0, 0.05) is 27.9 Å². The number of nitrogens with zero attached hydrogens (tertiary/aromatic N) is 1. The van der Waals surface area contributed by atoms with Crippen LogP contribution in [0, 0.1) is 6.92 Å². The highest BCUT2D eigenvalue weighted by molar-refractivity contribution is 9.10. The summed E-state index contributed by atoms with van der Waals surface area (Å²) in [6.45, 7) is 2.20. The zero-order valence-electron chi connectivity index (χ0n) is 8.90. The van der Waals surface area contributed by atoms with Crippen LogP contribution < -0.4 is 0 Å². The summed E-state index contributed by atoms with van der Waals surface area (Å²) in [6.07, 6.45) is 0.635. The first-order valence-corrected chi connectivity index (χ1v) is 6.65. The minimum Gasteiger partial charge on any atom is -0.396 e. The number of aromatic nitrogens is 1. The fourth-order valence-electron chi connectivity index (χ4n) is 1.51. The lowest BCUT2D eigenvalue weighted by Crippen LogP contribution is -1.92. The maximum Gasteiger partial charge on any atom is 0.123 e. The number of thiazole rings is 1. The molecule has 4 heteroatoms. The smallest absolute Gasteiger partial charge is 0.123 e. The molecule has 0 amide bonds. The molecule has 1 heterocycles. The predicted molar refractivity (Wildman–Crippen MR) is 70.8 cm³/mol. The number of benzene rings is 1. The molecule has 2 nitrogen and oxygen atoms in total. The van der Waals surface area contributed by atoms with E-state index in [0.717, 1.165) is 20.7 Å². The van der Waals surface area contributed by atoms with Crippen LogP contribution in [0.1, 0.15) is 10.6 Å². The summed E-state index contributed by atoms with van der Waals surface area (Å²) in [7, 11) is 0. The molecule has 0 spiro atoms. The average Bonchev–Trinajstić information content (AvgIpc) is 2.61. The number of hydrogen-bond acceptors (Lipinski definition) is 3. The van der Waals surface area contributed by atoms with Crippen molar-refractivity contribution in [2.45, 2.75) is 13.3 Å². The number of aryl methyl sites for hydroxylation is 1. The van der Waals surface area contributed by atoms with Gasteiger partial charge in [0.1, 0.15) is 5.01 Å². The standard InChI is InChI=1S/C12H12BrNOS/c1-8-11(5-6-15)14-12(16-8)9-3-2-4-10(13)7-9/h2-4,7,15H,5-6H2,1H3. The summed E-state index contributed by atoms with van der Waals surface area (Å²) in [5.41, 5.74) is 2.12. The summed E-state index contributed by atoms with van der Waals surface area (Å²) < 4.78 is 1.06. The lowest BCUT2D eigenvalue weighted by atomic mass is 10.2. The van der Waals surface area contributed by atoms with E-state index in [1.165, 1.54) is 4.88 Å². The van der Waals surface area contributed by atoms with E-state index in [-0.39, 0.29) is 6.61 Å². The monoisotopic (exact) mass is 297 g/mol. The van der Waals surface area contributed by atoms with Crippen molar-refractivity contribution in [2.75, 3.05) is 6.61 Å². The lowest BCUT2D eigenvalue weighted by molar-refractivity contribution is 0.298. The highest BCUT2D eigenvalue weighted by atomic mass is 79.9. The van der Waals surface area contributed by atoms with Crippen molar-refractivity contribution in [3.63, 3.8) is 0 Å². The van der Waals surface area contributed by atoms with Crippen LogP contribution in [0.5, 0.6) is 0 Å². The van der Waals surface area contributed by atoms with E-state index in [1.807, 2.05) is 25.1 Å². The number of halogens is 1. The number of aliphatic hydroxyl groups is 1. The Morgan fingerprint density at radius 2 is 2.25 bits per heavy atom. The fraction of sp³-hybridized carbons (Fsp3) is 0.250. The van der Waals surface area contributed by atoms with Crippen molar-refractivity contribution in [1.29, 1.82) is 0 Å². The topological polar surface area (TPSA) is 33.1 Å². The Bertz CT molecular complexity index is 496. The van der Waals surface area contributed by atoms with Gasteiger partial charge in [0.15, 0.2) is 0 Å². The van der Waals surface area contributed by atoms with Crippen molar-refractivity contribution in [3.8, 4) is 10.6 Å². The van der Waals surface area contributed by atoms with E-state index in [0.29, 0.717) is 6.42 Å². The van der Waals surface area contributed by atoms with E-state index < -0.39 is 0 Å². The molecule has 0 aliphatic heterocycles. The Morgan fingerprint density at radius 1 is 1.44 bits per heavy atom. The van der Waals surface area contributed by atoms with Crippen LogP contribution in [-0.4, -0.2) is 16.7 Å². The van der Waals surface area contributed by atoms with Crippen LogP contribution in [-0.2, 0) is 6.42 Å². The molecule has 1 N–H and O–H groups in total. The largest absolute Gasteiger partial charge is 0.396 e. The Balaban J connectivity index is 2.37. The van der Waals surface area contributed by atoms with Crippen molar-refractivity contribution in [1.82, 2.24) is 4.98 Å². The van der Waals surface area contributed by atoms with Gasteiger partial charge < -0.3 is 5.11 Å². The van der Waals surface area contributed by atoms with Gasteiger partial charge in [0.25, 0.3) is 0 Å². The molecular formula is C12H12BrNOS. The van der Waals surface area contributed by atoms with Crippen molar-refractivity contribution in [2.24, 2.45) is 0 Å². The second-order valence-corrected chi connectivity index (χ2v) is 5.62. The van der Waals surface area contributed by atoms with Gasteiger partial charge in [-0.25, -0.2) is 4.98 Å². The molecule has 0 saturated carbocycles. The molecule has 0 aliphatic carbocycles. The van der Waals surface area contributed by atoms with Gasteiger partial charge in [-0.15, -0.1) is 11.3 Å². The third kappa shape index (κ3) is 2.51. The maximum absolute atomic E-state index is 8.93. The van der Waals surface area contributed by atoms with Gasteiger partial charge in [0.2, 0.25) is 0 Å². The van der Waals surface area contributed by atoms with Gasteiger partial charge in [-0.2, -0.15) is 0 Å². The highest BCUT2D eigenvalue weighted by Gasteiger charge is 2.08. The minimum atomic E-state index is 0.155. The summed E-state index contributed by atoms with van der Waals surface area (Å²) in [6, 6.07) is 8.10. The zero-order valence-corrected chi connectivity index (χ0v) is 11.3. The molecular weight excluding hydrogens is 286 g/mol. The quantitative estimate of drug-likeness (QED) is 0.942. The summed E-state index contributed by atoms with van der Waals surface area (Å²) in [5.74, 6) is 0. The third-order valence-electron chi connectivity index (χ3n) is 2.31. The van der Waals surface area contributed by atoms with Crippen LogP contribution in [0.25, 0.3) is 10.6 Å². The van der Waals surface area contributed by atoms with Crippen LogP contribution in [0.2, 0.25) is 0 Å². The molecule has 0 saturated heterocycles. The van der Waals surface area contributed by atoms with Gasteiger partial charge in [0.05, 0.1) is 5.69 Å². The first kappa shape index (κ1) is 11.8. The zero-order chi connectivity index (χ0) is 11.5. The molecule has 0 bridgehead atoms. The lowest BCUT2D eigenvalue weighted by Gasteiger charge is -1.96. The van der Waals surface area contributed by atoms with Crippen LogP contribution in [0.15, 0.2) is 28.7 Å². The van der Waals surface area contributed by atoms with Gasteiger partial charge in [-0.1, -0.05) is 28.1 Å². The molecule has 0 unspecified atom stereocenters. The van der Waals surface area contributed by atoms with Crippen molar-refractivity contribution >= 4 is 27.3 Å². The summed E-state index contributed by atoms with van der Waals surface area (Å²) >= 11 is 5.13. The van der Waals surface area contributed by atoms with Gasteiger partial charge in [-0.05, 0) is 19.1 Å². The second kappa shape index (κ2) is 5.08. The molecule has 1 aromatic carbocycles. The Kier molecular flexibility index (Phi) is 3.74. The predicted octanol–water partition coefficient (Wildman–Crippen LogP) is 3.42. The van der Waals surface area contributed by atoms with E-state index >= 15 is 0 Å². The van der Waals surface area contributed by atoms with E-state index in [4.69, 9.17) is 5.11 Å². The average molecular weight is 298 g/mol. The van der Waals surface area contributed by atoms with E-state index in [1.54, 1.807) is 11.3 Å². The van der Waals surface area contributed by atoms with E-state index in [2.05, 4.69) is 27.0 Å². The summed E-state index contributed by atoms with van der Waals surface area (Å²) in [4.78, 5) is 5.73. The molecule has 2 rings (SSSR count). The molecule has 0 aliphatic rings. The molecule has 2 aromatic rings. The SMILES string of the molecule is Cc1sc(-c2cccc(Br)c2)nc1CCO. The summed E-state index contributed by atoms with van der Waals surface area (Å²) in [5, 5.41) is 9.94. The van der Waals surface area contributed by atoms with Gasteiger partial charge in [-0.3, -0.25) is 0 Å². The molecule has 84 valence electrons. The molecule has 0 atom stereocenters. The molecule has 16 heavy (non-hydrogen) atoms. The normalized spacial score (nSPS) is 10.7. The second-order valence-electron chi connectivity index (χ2n) is 3.51. The van der Waals surface area contributed by atoms with Crippen molar-refractivity contribution in [3.05, 3.63) is 39.3 Å². The number of aliphatic hydroxyl groups excluding tert-OH is 1.